The van der Waals surface area contributed by atoms with Crippen LogP contribution in [-0.2, 0) is 19.1 Å². The first kappa shape index (κ1) is 16.2. The van der Waals surface area contributed by atoms with Crippen molar-refractivity contribution < 1.29 is 19.1 Å². The second kappa shape index (κ2) is 7.75. The lowest BCUT2D eigenvalue weighted by Crippen LogP contribution is -2.62. The highest BCUT2D eigenvalue weighted by Gasteiger charge is 2.38. The van der Waals surface area contributed by atoms with Crippen LogP contribution in [0.3, 0.4) is 0 Å². The molecular formula is C15H26N2O4. The van der Waals surface area contributed by atoms with E-state index in [2.05, 4.69) is 5.32 Å². The quantitative estimate of drug-likeness (QED) is 0.778. The molecule has 6 heteroatoms. The molecule has 2 unspecified atom stereocenters. The summed E-state index contributed by atoms with van der Waals surface area (Å²) in [6.07, 6.45) is 5.38. The molecule has 1 saturated heterocycles. The molecule has 6 nitrogen and oxygen atoms in total. The molecule has 1 saturated carbocycles. The molecule has 21 heavy (non-hydrogen) atoms. The summed E-state index contributed by atoms with van der Waals surface area (Å²) in [7, 11) is 3.19. The largest absolute Gasteiger partial charge is 0.382 e. The van der Waals surface area contributed by atoms with Gasteiger partial charge in [-0.25, -0.2) is 0 Å². The Bertz CT molecular complexity index is 369. The molecule has 1 N–H and O–H groups in total. The highest BCUT2D eigenvalue weighted by Crippen LogP contribution is 2.28. The summed E-state index contributed by atoms with van der Waals surface area (Å²) in [5.41, 5.74) is 0. The van der Waals surface area contributed by atoms with Crippen LogP contribution in [0.1, 0.15) is 32.1 Å². The normalized spacial score (nSPS) is 25.8. The van der Waals surface area contributed by atoms with Gasteiger partial charge in [0.25, 0.3) is 0 Å². The Hall–Kier alpha value is -1.14. The average molecular weight is 298 g/mol. The Morgan fingerprint density at radius 3 is 2.57 bits per heavy atom. The number of amides is 2. The Balaban J connectivity index is 2.00. The number of hydrogen-bond acceptors (Lipinski definition) is 4. The van der Waals surface area contributed by atoms with E-state index in [1.807, 2.05) is 0 Å². The Kier molecular flexibility index (Phi) is 5.99. The van der Waals surface area contributed by atoms with Gasteiger partial charge in [-0.2, -0.15) is 0 Å². The Labute approximate surface area is 126 Å². The summed E-state index contributed by atoms with van der Waals surface area (Å²) in [6.45, 7) is 0.932. The number of rotatable bonds is 6. The first-order chi connectivity index (χ1) is 10.2. The smallest absolute Gasteiger partial charge is 0.245 e. The van der Waals surface area contributed by atoms with Gasteiger partial charge in [0, 0.05) is 20.8 Å². The number of carbonyl (C=O) groups is 2. The van der Waals surface area contributed by atoms with Crippen LogP contribution in [-0.4, -0.2) is 62.8 Å². The van der Waals surface area contributed by atoms with Crippen LogP contribution in [0.15, 0.2) is 0 Å². The van der Waals surface area contributed by atoms with Gasteiger partial charge in [0.05, 0.1) is 19.3 Å². The van der Waals surface area contributed by atoms with Crippen molar-refractivity contribution in [1.29, 1.82) is 0 Å². The minimum absolute atomic E-state index is 0.0275. The third-order valence-electron chi connectivity index (χ3n) is 4.46. The van der Waals surface area contributed by atoms with Gasteiger partial charge in [0.15, 0.2) is 0 Å². The third kappa shape index (κ3) is 4.17. The molecule has 1 aliphatic carbocycles. The number of carbonyl (C=O) groups excluding carboxylic acids is 2. The molecule has 1 heterocycles. The van der Waals surface area contributed by atoms with Crippen LogP contribution in [0.5, 0.6) is 0 Å². The first-order valence-electron chi connectivity index (χ1n) is 7.75. The second-order valence-electron chi connectivity index (χ2n) is 5.98. The zero-order valence-electron chi connectivity index (χ0n) is 13.0. The van der Waals surface area contributed by atoms with Crippen molar-refractivity contribution >= 4 is 11.8 Å². The summed E-state index contributed by atoms with van der Waals surface area (Å²) in [4.78, 5) is 26.2. The van der Waals surface area contributed by atoms with Crippen LogP contribution < -0.4 is 5.32 Å². The van der Waals surface area contributed by atoms with E-state index in [0.717, 1.165) is 25.7 Å². The predicted octanol–water partition coefficient (Wildman–Crippen LogP) is 0.555. The van der Waals surface area contributed by atoms with Crippen LogP contribution >= 0.6 is 0 Å². The molecule has 2 fully saturated rings. The van der Waals surface area contributed by atoms with Gasteiger partial charge >= 0.3 is 0 Å². The number of hydrogen-bond donors (Lipinski definition) is 1. The van der Waals surface area contributed by atoms with Gasteiger partial charge in [-0.3, -0.25) is 9.59 Å². The molecule has 2 atom stereocenters. The highest BCUT2D eigenvalue weighted by atomic mass is 16.5. The molecule has 0 spiro atoms. The molecule has 0 aromatic heterocycles. The fraction of sp³-hybridized carbons (Fsp3) is 0.867. The number of ether oxygens (including phenoxy) is 2. The summed E-state index contributed by atoms with van der Waals surface area (Å²) < 4.78 is 10.4. The molecule has 2 aliphatic rings. The van der Waals surface area contributed by atoms with Crippen LogP contribution in [0.25, 0.3) is 0 Å². The van der Waals surface area contributed by atoms with Gasteiger partial charge in [-0.1, -0.05) is 19.3 Å². The molecular weight excluding hydrogens is 272 g/mol. The van der Waals surface area contributed by atoms with E-state index in [0.29, 0.717) is 13.2 Å². The van der Waals surface area contributed by atoms with Crippen LogP contribution in [0.2, 0.25) is 0 Å². The lowest BCUT2D eigenvalue weighted by Gasteiger charge is -2.38. The predicted molar refractivity (Wildman–Crippen MR) is 77.8 cm³/mol. The van der Waals surface area contributed by atoms with Crippen LogP contribution in [0.4, 0.5) is 0 Å². The van der Waals surface area contributed by atoms with Crippen molar-refractivity contribution in [3.63, 3.8) is 0 Å². The molecule has 2 amide bonds. The van der Waals surface area contributed by atoms with Crippen molar-refractivity contribution in [3.8, 4) is 0 Å². The number of piperazine rings is 1. The molecule has 1 aliphatic heterocycles. The van der Waals surface area contributed by atoms with Crippen molar-refractivity contribution in [1.82, 2.24) is 10.2 Å². The highest BCUT2D eigenvalue weighted by molar-refractivity contribution is 5.95. The third-order valence-corrected chi connectivity index (χ3v) is 4.46. The average Bonchev–Trinajstić information content (AvgIpc) is 2.50. The van der Waals surface area contributed by atoms with E-state index in [-0.39, 0.29) is 36.4 Å². The number of nitrogens with one attached hydrogen (secondary N) is 1. The first-order valence-corrected chi connectivity index (χ1v) is 7.75. The van der Waals surface area contributed by atoms with Crippen molar-refractivity contribution in [2.75, 3.05) is 33.9 Å². The topological polar surface area (TPSA) is 67.9 Å². The fourth-order valence-electron chi connectivity index (χ4n) is 3.30. The van der Waals surface area contributed by atoms with Crippen LogP contribution in [0, 0.1) is 5.92 Å². The van der Waals surface area contributed by atoms with Gasteiger partial charge in [-0.05, 0) is 18.8 Å². The van der Waals surface area contributed by atoms with E-state index in [9.17, 15) is 9.59 Å². The van der Waals surface area contributed by atoms with Gasteiger partial charge < -0.3 is 19.7 Å². The van der Waals surface area contributed by atoms with Crippen molar-refractivity contribution in [2.24, 2.45) is 5.92 Å². The minimum Gasteiger partial charge on any atom is -0.382 e. The maximum atomic E-state index is 12.6. The molecule has 120 valence electrons. The SMILES string of the molecule is COCC(CN1CC(=O)NC(C2CCCCC2)C1=O)OC. The van der Waals surface area contributed by atoms with Gasteiger partial charge in [0.2, 0.25) is 11.8 Å². The Morgan fingerprint density at radius 1 is 1.24 bits per heavy atom. The van der Waals surface area contributed by atoms with Crippen molar-refractivity contribution in [2.45, 2.75) is 44.2 Å². The van der Waals surface area contributed by atoms with E-state index in [1.54, 1.807) is 19.1 Å². The zero-order chi connectivity index (χ0) is 15.2. The van der Waals surface area contributed by atoms with Crippen molar-refractivity contribution in [3.05, 3.63) is 0 Å². The van der Waals surface area contributed by atoms with Gasteiger partial charge in [-0.15, -0.1) is 0 Å². The molecule has 2 rings (SSSR count). The minimum atomic E-state index is -0.355. The lowest BCUT2D eigenvalue weighted by atomic mass is 9.82. The maximum absolute atomic E-state index is 12.6. The lowest BCUT2D eigenvalue weighted by molar-refractivity contribution is -0.148. The number of nitrogens with zero attached hydrogens (tertiary/aromatic N) is 1. The standard InChI is InChI=1S/C15H26N2O4/c1-20-10-12(21-2)8-17-9-13(18)16-14(15(17)19)11-6-4-3-5-7-11/h11-12,14H,3-10H2,1-2H3,(H,16,18). The summed E-state index contributed by atoms with van der Waals surface area (Å²) in [6, 6.07) is -0.355. The number of methoxy groups -OCH3 is 2. The molecule has 0 bridgehead atoms. The van der Waals surface area contributed by atoms with Gasteiger partial charge in [0.1, 0.15) is 6.04 Å². The van der Waals surface area contributed by atoms with E-state index < -0.39 is 0 Å². The summed E-state index contributed by atoms with van der Waals surface area (Å²) >= 11 is 0. The summed E-state index contributed by atoms with van der Waals surface area (Å²) in [5, 5.41) is 2.89. The molecule has 0 aromatic carbocycles. The molecule has 0 radical (unpaired) electrons. The molecule has 0 aromatic rings. The second-order valence-corrected chi connectivity index (χ2v) is 5.98. The van der Waals surface area contributed by atoms with E-state index in [1.165, 1.54) is 6.42 Å². The van der Waals surface area contributed by atoms with E-state index in [4.69, 9.17) is 9.47 Å². The summed E-state index contributed by atoms with van der Waals surface area (Å²) in [5.74, 6) is 0.235. The Morgan fingerprint density at radius 2 is 1.95 bits per heavy atom. The maximum Gasteiger partial charge on any atom is 0.245 e. The fourth-order valence-corrected chi connectivity index (χ4v) is 3.30. The zero-order valence-corrected chi connectivity index (χ0v) is 13.0. The van der Waals surface area contributed by atoms with E-state index >= 15 is 0 Å². The monoisotopic (exact) mass is 298 g/mol.